The van der Waals surface area contributed by atoms with Crippen LogP contribution in [0, 0.1) is 0 Å². The summed E-state index contributed by atoms with van der Waals surface area (Å²) in [5.74, 6) is -0.0792. The van der Waals surface area contributed by atoms with Gasteiger partial charge >= 0.3 is 0 Å². The number of amides is 2. The molecule has 0 aromatic rings. The number of nitrogens with one attached hydrogen (secondary N) is 1. The van der Waals surface area contributed by atoms with E-state index in [4.69, 9.17) is 0 Å². The molecule has 0 aromatic carbocycles. The number of carbonyl (C=O) groups excluding carboxylic acids is 2. The molecule has 0 aromatic heterocycles. The largest absolute Gasteiger partial charge is 0.327 e. The van der Waals surface area contributed by atoms with Crippen LogP contribution in [0.5, 0.6) is 0 Å². The lowest BCUT2D eigenvalue weighted by Gasteiger charge is -2.20. The van der Waals surface area contributed by atoms with E-state index in [1.807, 2.05) is 52.0 Å². The summed E-state index contributed by atoms with van der Waals surface area (Å²) in [6, 6.07) is -0.281. The van der Waals surface area contributed by atoms with Gasteiger partial charge in [0.25, 0.3) is 5.91 Å². The molecule has 21 heavy (non-hydrogen) atoms. The second-order valence-electron chi connectivity index (χ2n) is 4.51. The minimum Gasteiger partial charge on any atom is -0.327 e. The number of hydrogen-bond donors (Lipinski definition) is 1. The average Bonchev–Trinajstić information content (AvgIpc) is 2.88. The second kappa shape index (κ2) is 8.45. The lowest BCUT2D eigenvalue weighted by Crippen LogP contribution is -2.42. The lowest BCUT2D eigenvalue weighted by atomic mass is 10.1. The monoisotopic (exact) mass is 290 g/mol. The fraction of sp³-hybridized carbons (Fsp3) is 0.529. The Labute approximate surface area is 127 Å². The Hall–Kier alpha value is -1.84. The predicted octanol–water partition coefficient (Wildman–Crippen LogP) is 2.93. The minimum atomic E-state index is -0.281. The predicted molar refractivity (Wildman–Crippen MR) is 85.5 cm³/mol. The molecule has 4 heteroatoms. The molecule has 0 spiro atoms. The summed E-state index contributed by atoms with van der Waals surface area (Å²) in [4.78, 5) is 26.1. The maximum absolute atomic E-state index is 12.4. The van der Waals surface area contributed by atoms with Gasteiger partial charge < -0.3 is 10.2 Å². The highest BCUT2D eigenvalue weighted by atomic mass is 16.2. The fourth-order valence-electron chi connectivity index (χ4n) is 2.58. The molecule has 116 valence electrons. The normalized spacial score (nSPS) is 22.9. The van der Waals surface area contributed by atoms with Crippen LogP contribution in [-0.4, -0.2) is 29.3 Å². The molecule has 2 heterocycles. The van der Waals surface area contributed by atoms with Crippen molar-refractivity contribution in [2.45, 2.75) is 53.0 Å². The van der Waals surface area contributed by atoms with Crippen molar-refractivity contribution in [3.63, 3.8) is 0 Å². The van der Waals surface area contributed by atoms with Gasteiger partial charge in [-0.15, -0.1) is 0 Å². The molecule has 3 aliphatic rings. The lowest BCUT2D eigenvalue weighted by molar-refractivity contribution is -0.134. The Balaban J connectivity index is 0.000000510. The number of allylic oxidation sites excluding steroid dienone is 3. The van der Waals surface area contributed by atoms with Gasteiger partial charge in [0, 0.05) is 6.54 Å². The summed E-state index contributed by atoms with van der Waals surface area (Å²) < 4.78 is 0. The van der Waals surface area contributed by atoms with Crippen LogP contribution in [0.4, 0.5) is 0 Å². The highest BCUT2D eigenvalue weighted by Crippen LogP contribution is 2.25. The smallest absolute Gasteiger partial charge is 0.256 e. The molecule has 1 aliphatic carbocycles. The highest BCUT2D eigenvalue weighted by molar-refractivity contribution is 6.03. The first-order valence-corrected chi connectivity index (χ1v) is 7.96. The third-order valence-electron chi connectivity index (χ3n) is 3.44. The molecular weight excluding hydrogens is 264 g/mol. The van der Waals surface area contributed by atoms with E-state index in [9.17, 15) is 9.59 Å². The van der Waals surface area contributed by atoms with Gasteiger partial charge in [0.15, 0.2) is 0 Å². The first-order valence-electron chi connectivity index (χ1n) is 7.96. The van der Waals surface area contributed by atoms with Gasteiger partial charge in [-0.2, -0.15) is 0 Å². The van der Waals surface area contributed by atoms with Crippen molar-refractivity contribution in [1.82, 2.24) is 10.2 Å². The standard InChI is InChI=1S/C13H14N2O2.2C2H6/c16-12-11-7-4-8-15(11)13(17)9-5-2-1-3-6-10(9)14-12;2*1-2/h2-3,5-6,11H,1,4,7-8H2,(H,14,16);2*1-2H3. The van der Waals surface area contributed by atoms with Crippen molar-refractivity contribution in [3.05, 3.63) is 35.6 Å². The van der Waals surface area contributed by atoms with E-state index >= 15 is 0 Å². The third kappa shape index (κ3) is 3.63. The molecule has 2 amide bonds. The van der Waals surface area contributed by atoms with E-state index in [0.717, 1.165) is 19.3 Å². The van der Waals surface area contributed by atoms with Gasteiger partial charge in [-0.3, -0.25) is 9.59 Å². The molecular formula is C17H26N2O2. The third-order valence-corrected chi connectivity index (χ3v) is 3.44. The molecule has 1 atom stereocenters. The Bertz CT molecular complexity index is 475. The SMILES string of the molecule is CC.CC.O=C1NC2=C(C=CCC=C2)C(=O)N2CCCC12. The molecule has 1 unspecified atom stereocenters. The van der Waals surface area contributed by atoms with Crippen molar-refractivity contribution in [2.24, 2.45) is 0 Å². The number of hydrogen-bond acceptors (Lipinski definition) is 2. The van der Waals surface area contributed by atoms with Crippen LogP contribution in [0.25, 0.3) is 0 Å². The first-order chi connectivity index (χ1) is 10.3. The molecule has 4 nitrogen and oxygen atoms in total. The molecule has 3 rings (SSSR count). The quantitative estimate of drug-likeness (QED) is 0.745. The van der Waals surface area contributed by atoms with E-state index in [1.54, 1.807) is 4.90 Å². The van der Waals surface area contributed by atoms with Crippen LogP contribution in [0.15, 0.2) is 35.6 Å². The number of carbonyl (C=O) groups is 2. The zero-order chi connectivity index (χ0) is 15.8. The summed E-state index contributed by atoms with van der Waals surface area (Å²) in [6.45, 7) is 8.69. The van der Waals surface area contributed by atoms with Gasteiger partial charge in [0.1, 0.15) is 6.04 Å². The van der Waals surface area contributed by atoms with Crippen LogP contribution in [-0.2, 0) is 9.59 Å². The van der Waals surface area contributed by atoms with E-state index in [0.29, 0.717) is 17.8 Å². The number of nitrogens with zero attached hydrogens (tertiary/aromatic N) is 1. The fourth-order valence-corrected chi connectivity index (χ4v) is 2.58. The van der Waals surface area contributed by atoms with Gasteiger partial charge in [0.05, 0.1) is 11.3 Å². The minimum absolute atomic E-state index is 0.0244. The molecule has 0 radical (unpaired) electrons. The molecule has 0 saturated carbocycles. The summed E-state index contributed by atoms with van der Waals surface area (Å²) in [5.41, 5.74) is 1.25. The maximum atomic E-state index is 12.4. The number of rotatable bonds is 0. The Morgan fingerprint density at radius 1 is 1.10 bits per heavy atom. The topological polar surface area (TPSA) is 49.4 Å². The van der Waals surface area contributed by atoms with Crippen molar-refractivity contribution in [3.8, 4) is 0 Å². The van der Waals surface area contributed by atoms with E-state index in [1.165, 1.54) is 0 Å². The van der Waals surface area contributed by atoms with E-state index in [2.05, 4.69) is 5.32 Å². The van der Waals surface area contributed by atoms with Crippen LogP contribution in [0.1, 0.15) is 47.0 Å². The Kier molecular flexibility index (Phi) is 6.92. The molecule has 1 saturated heterocycles. The van der Waals surface area contributed by atoms with Crippen molar-refractivity contribution < 1.29 is 9.59 Å². The van der Waals surface area contributed by atoms with Crippen molar-refractivity contribution >= 4 is 11.8 Å². The van der Waals surface area contributed by atoms with Crippen LogP contribution < -0.4 is 5.32 Å². The van der Waals surface area contributed by atoms with Gasteiger partial charge in [-0.05, 0) is 25.3 Å². The van der Waals surface area contributed by atoms with Crippen molar-refractivity contribution in [2.75, 3.05) is 6.54 Å². The maximum Gasteiger partial charge on any atom is 0.256 e. The van der Waals surface area contributed by atoms with Gasteiger partial charge in [0.2, 0.25) is 5.91 Å². The number of fused-ring (bicyclic) bond motifs is 1. The van der Waals surface area contributed by atoms with Gasteiger partial charge in [-0.1, -0.05) is 45.9 Å². The molecule has 1 N–H and O–H groups in total. The molecule has 0 bridgehead atoms. The van der Waals surface area contributed by atoms with E-state index in [-0.39, 0.29) is 17.9 Å². The summed E-state index contributed by atoms with van der Waals surface area (Å²) in [7, 11) is 0. The summed E-state index contributed by atoms with van der Waals surface area (Å²) >= 11 is 0. The van der Waals surface area contributed by atoms with Crippen LogP contribution >= 0.6 is 0 Å². The summed E-state index contributed by atoms with van der Waals surface area (Å²) in [5, 5.41) is 2.86. The van der Waals surface area contributed by atoms with Gasteiger partial charge in [-0.25, -0.2) is 0 Å². The summed E-state index contributed by atoms with van der Waals surface area (Å²) in [6.07, 6.45) is 10.0. The first kappa shape index (κ1) is 17.2. The molecule has 1 fully saturated rings. The zero-order valence-electron chi connectivity index (χ0n) is 13.5. The second-order valence-corrected chi connectivity index (χ2v) is 4.51. The average molecular weight is 290 g/mol. The van der Waals surface area contributed by atoms with Crippen molar-refractivity contribution in [1.29, 1.82) is 0 Å². The Morgan fingerprint density at radius 3 is 2.48 bits per heavy atom. The van der Waals surface area contributed by atoms with Crippen LogP contribution in [0.2, 0.25) is 0 Å². The highest BCUT2D eigenvalue weighted by Gasteiger charge is 2.38. The van der Waals surface area contributed by atoms with E-state index < -0.39 is 0 Å². The molecule has 2 aliphatic heterocycles. The Morgan fingerprint density at radius 2 is 1.76 bits per heavy atom. The van der Waals surface area contributed by atoms with Crippen LogP contribution in [0.3, 0.4) is 0 Å². The zero-order valence-corrected chi connectivity index (χ0v) is 13.5.